The van der Waals surface area contributed by atoms with Crippen LogP contribution >= 0.6 is 0 Å². The van der Waals surface area contributed by atoms with E-state index in [0.29, 0.717) is 5.78 Å². The Kier molecular flexibility index (Phi) is 2.69. The van der Waals surface area contributed by atoms with Crippen LogP contribution in [0.4, 0.5) is 0 Å². The van der Waals surface area contributed by atoms with Gasteiger partial charge in [0.2, 0.25) is 0 Å². The normalized spacial score (nSPS) is 10.9. The van der Waals surface area contributed by atoms with Gasteiger partial charge in [0.15, 0.2) is 0 Å². The van der Waals surface area contributed by atoms with Crippen LogP contribution in [-0.2, 0) is 6.42 Å². The molecule has 2 heterocycles. The Balaban J connectivity index is 2.17. The lowest BCUT2D eigenvalue weighted by Crippen LogP contribution is -2.09. The number of nitrogens with one attached hydrogen (secondary N) is 1. The molecule has 0 saturated carbocycles. The molecule has 0 fully saturated rings. The number of fused-ring (bicyclic) bond motifs is 1. The van der Waals surface area contributed by atoms with Crippen LogP contribution in [0.3, 0.4) is 0 Å². The summed E-state index contributed by atoms with van der Waals surface area (Å²) in [4.78, 5) is 4.10. The van der Waals surface area contributed by atoms with E-state index in [1.807, 2.05) is 23.7 Å². The van der Waals surface area contributed by atoms with Crippen LogP contribution in [0.1, 0.15) is 12.2 Å². The Morgan fingerprint density at radius 3 is 3.21 bits per heavy atom. The molecular formula is C9H13N5. The third kappa shape index (κ3) is 1.72. The van der Waals surface area contributed by atoms with E-state index in [9.17, 15) is 0 Å². The molecule has 14 heavy (non-hydrogen) atoms. The van der Waals surface area contributed by atoms with Crippen molar-refractivity contribution in [2.45, 2.75) is 12.8 Å². The molecule has 1 N–H and O–H groups in total. The molecule has 5 nitrogen and oxygen atoms in total. The molecule has 74 valence electrons. The molecule has 0 aliphatic carbocycles. The summed E-state index contributed by atoms with van der Waals surface area (Å²) in [6.07, 6.45) is 5.65. The lowest BCUT2D eigenvalue weighted by molar-refractivity contribution is 0.697. The summed E-state index contributed by atoms with van der Waals surface area (Å²) >= 11 is 0. The Bertz CT molecular complexity index is 408. The van der Waals surface area contributed by atoms with Crippen molar-refractivity contribution in [3.05, 3.63) is 24.3 Å². The molecule has 2 aromatic heterocycles. The van der Waals surface area contributed by atoms with Crippen molar-refractivity contribution in [1.29, 1.82) is 0 Å². The highest BCUT2D eigenvalue weighted by molar-refractivity contribution is 5.26. The lowest BCUT2D eigenvalue weighted by atomic mass is 10.3. The Morgan fingerprint density at radius 2 is 2.36 bits per heavy atom. The molecule has 0 spiro atoms. The van der Waals surface area contributed by atoms with Gasteiger partial charge in [-0.2, -0.15) is 0 Å². The highest BCUT2D eigenvalue weighted by Crippen LogP contribution is 2.01. The SMILES string of the molecule is CNCCCc1nnc2ncccn12. The van der Waals surface area contributed by atoms with E-state index in [-0.39, 0.29) is 0 Å². The van der Waals surface area contributed by atoms with E-state index in [4.69, 9.17) is 0 Å². The van der Waals surface area contributed by atoms with E-state index in [1.54, 1.807) is 6.20 Å². The minimum atomic E-state index is 0.673. The molecule has 2 rings (SSSR count). The summed E-state index contributed by atoms with van der Waals surface area (Å²) in [5, 5.41) is 11.2. The summed E-state index contributed by atoms with van der Waals surface area (Å²) in [6.45, 7) is 0.995. The van der Waals surface area contributed by atoms with Gasteiger partial charge in [0.25, 0.3) is 5.78 Å². The molecule has 5 heteroatoms. The molecule has 0 saturated heterocycles. The second-order valence-corrected chi connectivity index (χ2v) is 3.11. The predicted molar refractivity (Wildman–Crippen MR) is 53.0 cm³/mol. The average molecular weight is 191 g/mol. The zero-order chi connectivity index (χ0) is 9.80. The van der Waals surface area contributed by atoms with Gasteiger partial charge in [-0.25, -0.2) is 4.98 Å². The molecule has 2 aromatic rings. The smallest absolute Gasteiger partial charge is 0.254 e. The summed E-state index contributed by atoms with van der Waals surface area (Å²) in [6, 6.07) is 1.89. The predicted octanol–water partition coefficient (Wildman–Crippen LogP) is 0.276. The topological polar surface area (TPSA) is 55.1 Å². The summed E-state index contributed by atoms with van der Waals surface area (Å²) < 4.78 is 1.93. The minimum Gasteiger partial charge on any atom is -0.320 e. The van der Waals surface area contributed by atoms with Crippen molar-refractivity contribution in [3.8, 4) is 0 Å². The second-order valence-electron chi connectivity index (χ2n) is 3.11. The zero-order valence-electron chi connectivity index (χ0n) is 8.14. The number of hydrogen-bond acceptors (Lipinski definition) is 4. The molecule has 0 radical (unpaired) electrons. The van der Waals surface area contributed by atoms with E-state index in [2.05, 4.69) is 20.5 Å². The molecule has 0 unspecified atom stereocenters. The quantitative estimate of drug-likeness (QED) is 0.705. The molecule has 0 aromatic carbocycles. The van der Waals surface area contributed by atoms with Gasteiger partial charge in [-0.15, -0.1) is 10.2 Å². The molecule has 0 aliphatic rings. The molecule has 0 atom stereocenters. The van der Waals surface area contributed by atoms with Crippen LogP contribution in [0.2, 0.25) is 0 Å². The standard InChI is InChI=1S/C9H13N5/c1-10-5-2-4-8-12-13-9-11-6-3-7-14(8)9/h3,6-7,10H,2,4-5H2,1H3. The number of aryl methyl sites for hydroxylation is 1. The van der Waals surface area contributed by atoms with Gasteiger partial charge >= 0.3 is 0 Å². The van der Waals surface area contributed by atoms with Crippen LogP contribution in [0.5, 0.6) is 0 Å². The molecule has 0 bridgehead atoms. The maximum Gasteiger partial charge on any atom is 0.254 e. The maximum absolute atomic E-state index is 4.10. The largest absolute Gasteiger partial charge is 0.320 e. The number of rotatable bonds is 4. The van der Waals surface area contributed by atoms with Gasteiger partial charge in [-0.05, 0) is 26.1 Å². The van der Waals surface area contributed by atoms with E-state index in [0.717, 1.165) is 25.2 Å². The van der Waals surface area contributed by atoms with Crippen molar-refractivity contribution in [2.24, 2.45) is 0 Å². The van der Waals surface area contributed by atoms with E-state index in [1.165, 1.54) is 0 Å². The van der Waals surface area contributed by atoms with Crippen molar-refractivity contribution in [2.75, 3.05) is 13.6 Å². The molecule has 0 aliphatic heterocycles. The Labute approximate surface area is 82.2 Å². The first-order valence-electron chi connectivity index (χ1n) is 4.71. The van der Waals surface area contributed by atoms with Crippen LogP contribution in [0.15, 0.2) is 18.5 Å². The van der Waals surface area contributed by atoms with Crippen molar-refractivity contribution >= 4 is 5.78 Å². The van der Waals surface area contributed by atoms with Gasteiger partial charge in [0, 0.05) is 18.8 Å². The van der Waals surface area contributed by atoms with Crippen molar-refractivity contribution < 1.29 is 0 Å². The van der Waals surface area contributed by atoms with Crippen LogP contribution < -0.4 is 5.32 Å². The number of aromatic nitrogens is 4. The van der Waals surface area contributed by atoms with Gasteiger partial charge < -0.3 is 5.32 Å². The zero-order valence-corrected chi connectivity index (χ0v) is 8.14. The highest BCUT2D eigenvalue weighted by Gasteiger charge is 2.03. The second kappa shape index (κ2) is 4.15. The summed E-state index contributed by atoms with van der Waals surface area (Å²) in [7, 11) is 1.95. The maximum atomic E-state index is 4.10. The first-order chi connectivity index (χ1) is 6.92. The monoisotopic (exact) mass is 191 g/mol. The van der Waals surface area contributed by atoms with Gasteiger partial charge in [0.05, 0.1) is 0 Å². The van der Waals surface area contributed by atoms with E-state index < -0.39 is 0 Å². The fraction of sp³-hybridized carbons (Fsp3) is 0.444. The Morgan fingerprint density at radius 1 is 1.43 bits per heavy atom. The third-order valence-corrected chi connectivity index (χ3v) is 2.09. The van der Waals surface area contributed by atoms with Crippen molar-refractivity contribution in [3.63, 3.8) is 0 Å². The molecule has 0 amide bonds. The minimum absolute atomic E-state index is 0.673. The average Bonchev–Trinajstić information content (AvgIpc) is 2.63. The first kappa shape index (κ1) is 9.08. The van der Waals surface area contributed by atoms with Gasteiger partial charge in [0.1, 0.15) is 5.82 Å². The third-order valence-electron chi connectivity index (χ3n) is 2.09. The Hall–Kier alpha value is -1.49. The first-order valence-corrected chi connectivity index (χ1v) is 4.71. The van der Waals surface area contributed by atoms with E-state index >= 15 is 0 Å². The summed E-state index contributed by atoms with van der Waals surface area (Å²) in [5.74, 6) is 1.65. The number of hydrogen-bond donors (Lipinski definition) is 1. The lowest BCUT2D eigenvalue weighted by Gasteiger charge is -1.98. The van der Waals surface area contributed by atoms with Crippen LogP contribution in [-0.4, -0.2) is 33.2 Å². The highest BCUT2D eigenvalue weighted by atomic mass is 15.3. The fourth-order valence-corrected chi connectivity index (χ4v) is 1.38. The summed E-state index contributed by atoms with van der Waals surface area (Å²) in [5.41, 5.74) is 0. The molecular weight excluding hydrogens is 178 g/mol. The number of nitrogens with zero attached hydrogens (tertiary/aromatic N) is 4. The fourth-order valence-electron chi connectivity index (χ4n) is 1.38. The van der Waals surface area contributed by atoms with Crippen molar-refractivity contribution in [1.82, 2.24) is 24.9 Å². The van der Waals surface area contributed by atoms with Gasteiger partial charge in [-0.3, -0.25) is 4.40 Å². The van der Waals surface area contributed by atoms with Gasteiger partial charge in [-0.1, -0.05) is 0 Å². The van der Waals surface area contributed by atoms with Crippen LogP contribution in [0.25, 0.3) is 5.78 Å². The van der Waals surface area contributed by atoms with Crippen LogP contribution in [0, 0.1) is 0 Å².